The molecule has 0 radical (unpaired) electrons. The summed E-state index contributed by atoms with van der Waals surface area (Å²) in [6, 6.07) is 12.5. The molecule has 2 aromatic heterocycles. The second-order valence-corrected chi connectivity index (χ2v) is 8.33. The fourth-order valence-electron chi connectivity index (χ4n) is 2.67. The Bertz CT molecular complexity index is 1350. The van der Waals surface area contributed by atoms with E-state index in [1.807, 2.05) is 0 Å². The van der Waals surface area contributed by atoms with E-state index in [4.69, 9.17) is 39.8 Å². The SMILES string of the molecule is O=C(NC(=S)Nc1nc2ccc([N+](=O)[O-])cc2s1)c1ccc(-c2cccc(Cl)c2Cl)o1. The standard InChI is InChI=1S/C19H10Cl2N4O4S2/c20-11-3-1-2-10(16(11)21)13-6-7-14(29-13)17(26)23-18(30)24-19-22-12-5-4-9(25(27)28)8-15(12)31-19/h1-8H,(H2,22,23,24,26,30). The Kier molecular flexibility index (Phi) is 5.88. The van der Waals surface area contributed by atoms with Crippen molar-refractivity contribution < 1.29 is 14.1 Å². The van der Waals surface area contributed by atoms with Gasteiger partial charge in [0.25, 0.3) is 11.6 Å². The lowest BCUT2D eigenvalue weighted by Gasteiger charge is -2.05. The Morgan fingerprint density at radius 3 is 2.77 bits per heavy atom. The third kappa shape index (κ3) is 4.52. The zero-order valence-electron chi connectivity index (χ0n) is 15.2. The number of benzene rings is 2. The summed E-state index contributed by atoms with van der Waals surface area (Å²) in [5.41, 5.74) is 1.09. The Balaban J connectivity index is 1.45. The van der Waals surface area contributed by atoms with Crippen LogP contribution >= 0.6 is 46.8 Å². The maximum atomic E-state index is 12.5. The predicted octanol–water partition coefficient (Wildman–Crippen LogP) is 5.90. The van der Waals surface area contributed by atoms with Gasteiger partial charge in [-0.1, -0.05) is 40.6 Å². The van der Waals surface area contributed by atoms with Crippen molar-refractivity contribution in [2.24, 2.45) is 0 Å². The summed E-state index contributed by atoms with van der Waals surface area (Å²) in [5.74, 6) is -0.168. The summed E-state index contributed by atoms with van der Waals surface area (Å²) in [5, 5.41) is 17.3. The average Bonchev–Trinajstić information content (AvgIpc) is 3.36. The van der Waals surface area contributed by atoms with Crippen LogP contribution in [0.15, 0.2) is 52.9 Å². The first-order valence-electron chi connectivity index (χ1n) is 8.53. The van der Waals surface area contributed by atoms with Crippen molar-refractivity contribution in [3.63, 3.8) is 0 Å². The van der Waals surface area contributed by atoms with Crippen molar-refractivity contribution in [1.29, 1.82) is 0 Å². The lowest BCUT2D eigenvalue weighted by molar-refractivity contribution is -0.384. The molecule has 0 saturated carbocycles. The highest BCUT2D eigenvalue weighted by atomic mass is 35.5. The number of fused-ring (bicyclic) bond motifs is 1. The van der Waals surface area contributed by atoms with E-state index >= 15 is 0 Å². The molecule has 4 rings (SSSR count). The highest BCUT2D eigenvalue weighted by molar-refractivity contribution is 7.80. The minimum Gasteiger partial charge on any atom is -0.451 e. The smallest absolute Gasteiger partial charge is 0.293 e. The fourth-order valence-corrected chi connectivity index (χ4v) is 4.22. The van der Waals surface area contributed by atoms with E-state index in [1.54, 1.807) is 30.3 Å². The van der Waals surface area contributed by atoms with Crippen LogP contribution in [-0.4, -0.2) is 20.9 Å². The number of thiocarbonyl (C=S) groups is 1. The normalized spacial score (nSPS) is 10.8. The third-order valence-electron chi connectivity index (χ3n) is 4.08. The Hall–Kier alpha value is -3.05. The Labute approximate surface area is 193 Å². The zero-order valence-corrected chi connectivity index (χ0v) is 18.4. The molecule has 4 aromatic rings. The van der Waals surface area contributed by atoms with Gasteiger partial charge in [-0.3, -0.25) is 20.2 Å². The highest BCUT2D eigenvalue weighted by Crippen LogP contribution is 2.34. The molecule has 0 aliphatic rings. The molecule has 0 bridgehead atoms. The first kappa shape index (κ1) is 21.2. The second-order valence-electron chi connectivity index (χ2n) is 6.10. The Morgan fingerprint density at radius 1 is 1.19 bits per heavy atom. The van der Waals surface area contributed by atoms with Gasteiger partial charge in [-0.15, -0.1) is 0 Å². The van der Waals surface area contributed by atoms with Gasteiger partial charge in [0, 0.05) is 17.7 Å². The van der Waals surface area contributed by atoms with Crippen LogP contribution in [0, 0.1) is 10.1 Å². The van der Waals surface area contributed by atoms with Crippen molar-refractivity contribution in [1.82, 2.24) is 10.3 Å². The molecule has 2 aromatic carbocycles. The van der Waals surface area contributed by atoms with Gasteiger partial charge in [-0.2, -0.15) is 0 Å². The van der Waals surface area contributed by atoms with Gasteiger partial charge >= 0.3 is 0 Å². The number of carbonyl (C=O) groups is 1. The molecule has 0 saturated heterocycles. The van der Waals surface area contributed by atoms with Crippen LogP contribution in [0.5, 0.6) is 0 Å². The number of nitrogens with one attached hydrogen (secondary N) is 2. The molecule has 0 aliphatic heterocycles. The van der Waals surface area contributed by atoms with Gasteiger partial charge in [-0.05, 0) is 42.5 Å². The molecule has 0 atom stereocenters. The summed E-state index contributed by atoms with van der Waals surface area (Å²) in [6.45, 7) is 0. The van der Waals surface area contributed by atoms with E-state index in [0.717, 1.165) is 0 Å². The average molecular weight is 493 g/mol. The van der Waals surface area contributed by atoms with E-state index < -0.39 is 10.8 Å². The zero-order chi connectivity index (χ0) is 22.1. The van der Waals surface area contributed by atoms with Crippen LogP contribution in [0.4, 0.5) is 10.8 Å². The number of amides is 1. The number of nitro groups is 1. The minimum absolute atomic E-state index is 0.00251. The van der Waals surface area contributed by atoms with Crippen molar-refractivity contribution in [3.05, 3.63) is 74.5 Å². The third-order valence-corrected chi connectivity index (χ3v) is 6.03. The molecule has 0 fully saturated rings. The molecule has 31 heavy (non-hydrogen) atoms. The van der Waals surface area contributed by atoms with E-state index in [0.29, 0.717) is 36.7 Å². The van der Waals surface area contributed by atoms with Crippen molar-refractivity contribution in [2.45, 2.75) is 0 Å². The number of furan rings is 1. The van der Waals surface area contributed by atoms with Gasteiger partial charge in [-0.25, -0.2) is 4.98 Å². The van der Waals surface area contributed by atoms with E-state index in [9.17, 15) is 14.9 Å². The molecule has 8 nitrogen and oxygen atoms in total. The summed E-state index contributed by atoms with van der Waals surface area (Å²) in [6.07, 6.45) is 0. The number of halogens is 2. The van der Waals surface area contributed by atoms with Crippen molar-refractivity contribution >= 4 is 78.8 Å². The van der Waals surface area contributed by atoms with Crippen LogP contribution in [0.1, 0.15) is 10.6 Å². The molecule has 0 spiro atoms. The lowest BCUT2D eigenvalue weighted by atomic mass is 10.2. The number of nitro benzene ring substituents is 1. The number of anilines is 1. The number of nitrogens with zero attached hydrogens (tertiary/aromatic N) is 2. The first-order valence-corrected chi connectivity index (χ1v) is 10.5. The summed E-state index contributed by atoms with van der Waals surface area (Å²) in [4.78, 5) is 27.2. The van der Waals surface area contributed by atoms with Gasteiger partial charge in [0.15, 0.2) is 16.0 Å². The molecular formula is C19H10Cl2N4O4S2. The summed E-state index contributed by atoms with van der Waals surface area (Å²) in [7, 11) is 0. The number of carbonyl (C=O) groups excluding carboxylic acids is 1. The van der Waals surface area contributed by atoms with Crippen LogP contribution in [-0.2, 0) is 0 Å². The monoisotopic (exact) mass is 492 g/mol. The highest BCUT2D eigenvalue weighted by Gasteiger charge is 2.17. The Morgan fingerprint density at radius 2 is 2.00 bits per heavy atom. The lowest BCUT2D eigenvalue weighted by Crippen LogP contribution is -2.33. The first-order chi connectivity index (χ1) is 14.8. The molecule has 12 heteroatoms. The number of rotatable bonds is 4. The molecule has 0 unspecified atom stereocenters. The predicted molar refractivity (Wildman–Crippen MR) is 124 cm³/mol. The topological polar surface area (TPSA) is 110 Å². The van der Waals surface area contributed by atoms with Crippen LogP contribution in [0.3, 0.4) is 0 Å². The van der Waals surface area contributed by atoms with Crippen molar-refractivity contribution in [2.75, 3.05) is 5.32 Å². The minimum atomic E-state index is -0.571. The van der Waals surface area contributed by atoms with Crippen LogP contribution in [0.2, 0.25) is 10.0 Å². The van der Waals surface area contributed by atoms with E-state index in [1.165, 1.54) is 29.5 Å². The fraction of sp³-hybridized carbons (Fsp3) is 0. The summed E-state index contributed by atoms with van der Waals surface area (Å²) >= 11 is 18.5. The molecule has 2 heterocycles. The quantitative estimate of drug-likeness (QED) is 0.207. The van der Waals surface area contributed by atoms with E-state index in [2.05, 4.69) is 15.6 Å². The van der Waals surface area contributed by atoms with Gasteiger partial charge in [0.05, 0.1) is 25.2 Å². The second kappa shape index (κ2) is 8.60. The van der Waals surface area contributed by atoms with Gasteiger partial charge in [0.1, 0.15) is 5.76 Å². The largest absolute Gasteiger partial charge is 0.451 e. The van der Waals surface area contributed by atoms with Crippen molar-refractivity contribution in [3.8, 4) is 11.3 Å². The molecule has 1 amide bonds. The molecule has 156 valence electrons. The van der Waals surface area contributed by atoms with Gasteiger partial charge in [0.2, 0.25) is 0 Å². The maximum absolute atomic E-state index is 12.5. The number of thiazole rings is 1. The van der Waals surface area contributed by atoms with Crippen LogP contribution < -0.4 is 10.6 Å². The molecular weight excluding hydrogens is 483 g/mol. The van der Waals surface area contributed by atoms with E-state index in [-0.39, 0.29) is 16.6 Å². The number of aromatic nitrogens is 1. The van der Waals surface area contributed by atoms with Crippen LogP contribution in [0.25, 0.3) is 21.5 Å². The molecule has 0 aliphatic carbocycles. The van der Waals surface area contributed by atoms with Gasteiger partial charge < -0.3 is 9.73 Å². The maximum Gasteiger partial charge on any atom is 0.293 e. The number of hydrogen-bond acceptors (Lipinski definition) is 7. The molecule has 2 N–H and O–H groups in total. The number of non-ortho nitro benzene ring substituents is 1. The number of hydrogen-bond donors (Lipinski definition) is 2. The summed E-state index contributed by atoms with van der Waals surface area (Å²) < 4.78 is 6.19.